The fraction of sp³-hybridized carbons (Fsp3) is 1.00. The summed E-state index contributed by atoms with van der Waals surface area (Å²) in [6.07, 6.45) is 4.10. The van der Waals surface area contributed by atoms with E-state index >= 15 is 0 Å². The summed E-state index contributed by atoms with van der Waals surface area (Å²) in [5.41, 5.74) is 0. The Kier molecular flexibility index (Phi) is 1.02. The molecule has 0 radical (unpaired) electrons. The van der Waals surface area contributed by atoms with E-state index in [1.165, 1.54) is 25.8 Å². The summed E-state index contributed by atoms with van der Waals surface area (Å²) in [7, 11) is 0. The van der Waals surface area contributed by atoms with Crippen LogP contribution in [0, 0.1) is 0 Å². The van der Waals surface area contributed by atoms with E-state index in [4.69, 9.17) is 4.84 Å². The first kappa shape index (κ1) is 4.77. The Bertz CT molecular complexity index is 82.5. The van der Waals surface area contributed by atoms with Gasteiger partial charge in [0, 0.05) is 6.54 Å². The van der Waals surface area contributed by atoms with Gasteiger partial charge in [0.1, 0.15) is 0 Å². The molecule has 2 rings (SSSR count). The maximum atomic E-state index is 5.17. The average molecular weight is 113 g/mol. The Morgan fingerprint density at radius 3 is 2.75 bits per heavy atom. The van der Waals surface area contributed by atoms with Crippen LogP contribution in [0.1, 0.15) is 19.3 Å². The molecular formula is C6H11NO. The Morgan fingerprint density at radius 2 is 2.38 bits per heavy atom. The van der Waals surface area contributed by atoms with E-state index in [-0.39, 0.29) is 0 Å². The average Bonchev–Trinajstić information content (AvgIpc) is 1.72. The minimum atomic E-state index is 0.795. The van der Waals surface area contributed by atoms with E-state index in [1.54, 1.807) is 0 Å². The van der Waals surface area contributed by atoms with Gasteiger partial charge in [-0.25, -0.2) is 0 Å². The van der Waals surface area contributed by atoms with Crippen molar-refractivity contribution in [3.8, 4) is 0 Å². The number of nitrogens with zero attached hydrogens (tertiary/aromatic N) is 1. The summed E-state index contributed by atoms with van der Waals surface area (Å²) in [6, 6.07) is 0.795. The topological polar surface area (TPSA) is 12.5 Å². The molecule has 2 aliphatic heterocycles. The minimum Gasteiger partial charge on any atom is -0.297 e. The van der Waals surface area contributed by atoms with Gasteiger partial charge in [-0.1, -0.05) is 6.42 Å². The lowest BCUT2D eigenvalue weighted by molar-refractivity contribution is -0.299. The van der Waals surface area contributed by atoms with Crippen molar-refractivity contribution >= 4 is 0 Å². The maximum absolute atomic E-state index is 5.17. The van der Waals surface area contributed by atoms with E-state index in [1.807, 2.05) is 0 Å². The van der Waals surface area contributed by atoms with Crippen LogP contribution in [0.5, 0.6) is 0 Å². The van der Waals surface area contributed by atoms with E-state index < -0.39 is 0 Å². The highest BCUT2D eigenvalue weighted by Gasteiger charge is 2.31. The second kappa shape index (κ2) is 1.71. The van der Waals surface area contributed by atoms with Crippen LogP contribution in [0.4, 0.5) is 0 Å². The number of hydrogen-bond acceptors (Lipinski definition) is 2. The zero-order valence-electron chi connectivity index (χ0n) is 4.97. The standard InChI is InChI=1S/C6H11NO/c1-2-4-7-6(3-1)5-8-7/h6H,1-5H2. The highest BCUT2D eigenvalue weighted by molar-refractivity contribution is 4.76. The highest BCUT2D eigenvalue weighted by atomic mass is 16.7. The summed E-state index contributed by atoms with van der Waals surface area (Å²) >= 11 is 0. The molecule has 2 saturated heterocycles. The van der Waals surface area contributed by atoms with Crippen molar-refractivity contribution in [3.05, 3.63) is 0 Å². The van der Waals surface area contributed by atoms with Gasteiger partial charge in [0.2, 0.25) is 0 Å². The van der Waals surface area contributed by atoms with Gasteiger partial charge in [0.15, 0.2) is 0 Å². The Labute approximate surface area is 49.4 Å². The lowest BCUT2D eigenvalue weighted by Gasteiger charge is -2.42. The van der Waals surface area contributed by atoms with Gasteiger partial charge >= 0.3 is 0 Å². The van der Waals surface area contributed by atoms with Gasteiger partial charge in [-0.2, -0.15) is 5.06 Å². The molecule has 2 nitrogen and oxygen atoms in total. The summed E-state index contributed by atoms with van der Waals surface area (Å²) in [5, 5.41) is 2.11. The number of hydrogen-bond donors (Lipinski definition) is 0. The molecule has 0 aromatic rings. The molecule has 8 heavy (non-hydrogen) atoms. The molecule has 0 aliphatic carbocycles. The van der Waals surface area contributed by atoms with Crippen LogP contribution < -0.4 is 0 Å². The zero-order chi connectivity index (χ0) is 5.40. The normalized spacial score (nSPS) is 38.2. The highest BCUT2D eigenvalue weighted by Crippen LogP contribution is 2.23. The predicted molar refractivity (Wildman–Crippen MR) is 30.3 cm³/mol. The molecule has 2 heterocycles. The second-order valence-corrected chi connectivity index (χ2v) is 2.59. The molecule has 2 aliphatic rings. The summed E-state index contributed by atoms with van der Waals surface area (Å²) in [4.78, 5) is 5.17. The largest absolute Gasteiger partial charge is 0.297 e. The Balaban J connectivity index is 1.92. The monoisotopic (exact) mass is 113 g/mol. The molecule has 0 N–H and O–H groups in total. The molecule has 0 aromatic carbocycles. The molecular weight excluding hydrogens is 102 g/mol. The number of piperidine rings is 1. The predicted octanol–water partition coefficient (Wildman–Crippen LogP) is 0.786. The SMILES string of the molecule is C1CCN2OCC2C1. The fourth-order valence-electron chi connectivity index (χ4n) is 1.41. The summed E-state index contributed by atoms with van der Waals surface area (Å²) in [5.74, 6) is 0. The summed E-state index contributed by atoms with van der Waals surface area (Å²) < 4.78 is 0. The van der Waals surface area contributed by atoms with Gasteiger partial charge in [0.25, 0.3) is 0 Å². The van der Waals surface area contributed by atoms with Gasteiger partial charge in [0.05, 0.1) is 12.6 Å². The minimum absolute atomic E-state index is 0.795. The van der Waals surface area contributed by atoms with Crippen LogP contribution in [-0.4, -0.2) is 24.3 Å². The number of rotatable bonds is 0. The molecule has 1 atom stereocenters. The Morgan fingerprint density at radius 1 is 1.38 bits per heavy atom. The van der Waals surface area contributed by atoms with Gasteiger partial charge in [-0.3, -0.25) is 4.84 Å². The third-order valence-electron chi connectivity index (χ3n) is 2.01. The number of fused-ring (bicyclic) bond motifs is 1. The maximum Gasteiger partial charge on any atom is 0.0863 e. The fourth-order valence-corrected chi connectivity index (χ4v) is 1.41. The van der Waals surface area contributed by atoms with Gasteiger partial charge in [-0.05, 0) is 12.8 Å². The van der Waals surface area contributed by atoms with E-state index in [2.05, 4.69) is 5.06 Å². The molecule has 0 saturated carbocycles. The van der Waals surface area contributed by atoms with Crippen molar-refractivity contribution < 1.29 is 4.84 Å². The van der Waals surface area contributed by atoms with Crippen molar-refractivity contribution in [2.75, 3.05) is 13.2 Å². The molecule has 2 heteroatoms. The van der Waals surface area contributed by atoms with Crippen molar-refractivity contribution in [3.63, 3.8) is 0 Å². The van der Waals surface area contributed by atoms with Crippen LogP contribution in [0.2, 0.25) is 0 Å². The van der Waals surface area contributed by atoms with Gasteiger partial charge < -0.3 is 0 Å². The first-order valence-electron chi connectivity index (χ1n) is 3.36. The second-order valence-electron chi connectivity index (χ2n) is 2.59. The van der Waals surface area contributed by atoms with Crippen molar-refractivity contribution in [2.45, 2.75) is 25.3 Å². The first-order valence-corrected chi connectivity index (χ1v) is 3.36. The zero-order valence-corrected chi connectivity index (χ0v) is 4.97. The van der Waals surface area contributed by atoms with Crippen LogP contribution in [0.3, 0.4) is 0 Å². The molecule has 1 unspecified atom stereocenters. The van der Waals surface area contributed by atoms with Crippen LogP contribution in [0.15, 0.2) is 0 Å². The van der Waals surface area contributed by atoms with Crippen molar-refractivity contribution in [1.29, 1.82) is 0 Å². The third kappa shape index (κ3) is 0.565. The quantitative estimate of drug-likeness (QED) is 0.460. The number of hydroxylamine groups is 2. The lowest BCUT2D eigenvalue weighted by Crippen LogP contribution is -2.52. The Hall–Kier alpha value is -0.0800. The third-order valence-corrected chi connectivity index (χ3v) is 2.01. The van der Waals surface area contributed by atoms with Crippen LogP contribution in [0.25, 0.3) is 0 Å². The van der Waals surface area contributed by atoms with Crippen LogP contribution >= 0.6 is 0 Å². The van der Waals surface area contributed by atoms with Gasteiger partial charge in [-0.15, -0.1) is 0 Å². The van der Waals surface area contributed by atoms with E-state index in [0.717, 1.165) is 12.6 Å². The van der Waals surface area contributed by atoms with Crippen molar-refractivity contribution in [2.24, 2.45) is 0 Å². The molecule has 0 aromatic heterocycles. The molecule has 0 amide bonds. The smallest absolute Gasteiger partial charge is 0.0863 e. The molecule has 0 bridgehead atoms. The molecule has 0 spiro atoms. The van der Waals surface area contributed by atoms with E-state index in [9.17, 15) is 0 Å². The van der Waals surface area contributed by atoms with Crippen LogP contribution in [-0.2, 0) is 4.84 Å². The summed E-state index contributed by atoms with van der Waals surface area (Å²) in [6.45, 7) is 2.16. The van der Waals surface area contributed by atoms with Crippen molar-refractivity contribution in [1.82, 2.24) is 5.06 Å². The van der Waals surface area contributed by atoms with E-state index in [0.29, 0.717) is 0 Å². The lowest BCUT2D eigenvalue weighted by atomic mass is 10.0. The molecule has 2 fully saturated rings. The molecule has 46 valence electrons. The first-order chi connectivity index (χ1) is 3.97.